The fourth-order valence-corrected chi connectivity index (χ4v) is 3.29. The molecule has 2 aromatic heterocycles. The zero-order chi connectivity index (χ0) is 16.7. The zero-order valence-corrected chi connectivity index (χ0v) is 14.2. The average molecular weight is 364 g/mol. The third-order valence-electron chi connectivity index (χ3n) is 4.27. The Morgan fingerprint density at radius 1 is 1.12 bits per heavy atom. The van der Waals surface area contributed by atoms with Gasteiger partial charge in [-0.2, -0.15) is 4.52 Å². The summed E-state index contributed by atoms with van der Waals surface area (Å²) in [5.74, 6) is 1.21. The highest BCUT2D eigenvalue weighted by atomic mass is 35.5. The lowest BCUT2D eigenvalue weighted by molar-refractivity contribution is -0.0202. The molecule has 24 heavy (non-hydrogen) atoms. The summed E-state index contributed by atoms with van der Waals surface area (Å²) in [7, 11) is 0. The Balaban J connectivity index is 1.68. The van der Waals surface area contributed by atoms with Crippen LogP contribution in [0.2, 0.25) is 10.0 Å². The van der Waals surface area contributed by atoms with Gasteiger partial charge in [0.05, 0.1) is 5.60 Å². The summed E-state index contributed by atoms with van der Waals surface area (Å²) in [6.07, 6.45) is 2.71. The van der Waals surface area contributed by atoms with E-state index in [4.69, 9.17) is 23.2 Å². The van der Waals surface area contributed by atoms with E-state index in [0.717, 1.165) is 24.8 Å². The van der Waals surface area contributed by atoms with Crippen molar-refractivity contribution in [3.05, 3.63) is 40.4 Å². The summed E-state index contributed by atoms with van der Waals surface area (Å²) in [5, 5.41) is 27.2. The van der Waals surface area contributed by atoms with Crippen molar-refractivity contribution < 1.29 is 5.11 Å². The molecule has 3 aromatic rings. The molecule has 124 valence electrons. The van der Waals surface area contributed by atoms with Crippen molar-refractivity contribution in [1.82, 2.24) is 19.8 Å². The van der Waals surface area contributed by atoms with Crippen molar-refractivity contribution in [3.8, 4) is 11.4 Å². The third-order valence-corrected chi connectivity index (χ3v) is 4.70. The quantitative estimate of drug-likeness (QED) is 0.742. The zero-order valence-electron chi connectivity index (χ0n) is 12.7. The van der Waals surface area contributed by atoms with Crippen molar-refractivity contribution in [2.24, 2.45) is 0 Å². The number of nitrogens with one attached hydrogen (secondary N) is 1. The van der Waals surface area contributed by atoms with Gasteiger partial charge in [-0.1, -0.05) is 23.2 Å². The van der Waals surface area contributed by atoms with Crippen molar-refractivity contribution in [1.29, 1.82) is 0 Å². The standard InChI is InChI=1S/C16H15Cl2N5O/c17-11-6-10(7-12(18)8-11)15-21-20-14-3-2-13(22-23(14)15)19-9-16(24)4-1-5-16/h2-3,6-8,24H,1,4-5,9H2,(H,19,22). The third kappa shape index (κ3) is 2.92. The number of aliphatic hydroxyl groups is 1. The van der Waals surface area contributed by atoms with Crippen molar-refractivity contribution >= 4 is 34.7 Å². The van der Waals surface area contributed by atoms with Gasteiger partial charge in [-0.3, -0.25) is 0 Å². The highest BCUT2D eigenvalue weighted by Crippen LogP contribution is 2.31. The molecule has 0 saturated heterocycles. The van der Waals surface area contributed by atoms with E-state index in [0.29, 0.717) is 33.9 Å². The number of hydrogen-bond donors (Lipinski definition) is 2. The second kappa shape index (κ2) is 5.88. The van der Waals surface area contributed by atoms with Gasteiger partial charge in [-0.15, -0.1) is 15.3 Å². The summed E-state index contributed by atoms with van der Waals surface area (Å²) in [5.41, 5.74) is 0.740. The molecule has 8 heteroatoms. The van der Waals surface area contributed by atoms with E-state index >= 15 is 0 Å². The number of hydrogen-bond acceptors (Lipinski definition) is 5. The molecule has 0 unspecified atom stereocenters. The molecule has 1 aliphatic carbocycles. The SMILES string of the molecule is OC1(CNc2ccc3nnc(-c4cc(Cl)cc(Cl)c4)n3n2)CCC1. The molecule has 2 heterocycles. The summed E-state index contributed by atoms with van der Waals surface area (Å²) < 4.78 is 1.63. The summed E-state index contributed by atoms with van der Waals surface area (Å²) >= 11 is 12.1. The minimum atomic E-state index is -0.618. The van der Waals surface area contributed by atoms with Gasteiger partial charge in [-0.25, -0.2) is 0 Å². The van der Waals surface area contributed by atoms with Gasteiger partial charge in [0.2, 0.25) is 0 Å². The predicted molar refractivity (Wildman–Crippen MR) is 93.5 cm³/mol. The molecule has 0 atom stereocenters. The number of halogens is 2. The average Bonchev–Trinajstić information content (AvgIpc) is 2.93. The summed E-state index contributed by atoms with van der Waals surface area (Å²) in [6.45, 7) is 0.478. The van der Waals surface area contributed by atoms with Crippen LogP contribution in [0.1, 0.15) is 19.3 Å². The summed E-state index contributed by atoms with van der Waals surface area (Å²) in [6, 6.07) is 8.84. The molecule has 1 fully saturated rings. The highest BCUT2D eigenvalue weighted by molar-refractivity contribution is 6.35. The van der Waals surface area contributed by atoms with Crippen LogP contribution in [-0.4, -0.2) is 37.1 Å². The molecular weight excluding hydrogens is 349 g/mol. The fourth-order valence-electron chi connectivity index (χ4n) is 2.76. The van der Waals surface area contributed by atoms with E-state index in [1.807, 2.05) is 12.1 Å². The maximum atomic E-state index is 10.2. The predicted octanol–water partition coefficient (Wildman–Crippen LogP) is 3.43. The number of anilines is 1. The van der Waals surface area contributed by atoms with Gasteiger partial charge in [0.25, 0.3) is 0 Å². The van der Waals surface area contributed by atoms with E-state index in [9.17, 15) is 5.11 Å². The van der Waals surface area contributed by atoms with Crippen LogP contribution in [-0.2, 0) is 0 Å². The van der Waals surface area contributed by atoms with Crippen molar-refractivity contribution in [2.45, 2.75) is 24.9 Å². The smallest absolute Gasteiger partial charge is 0.185 e. The minimum absolute atomic E-state index is 0.478. The van der Waals surface area contributed by atoms with Gasteiger partial charge in [0, 0.05) is 22.2 Å². The number of benzene rings is 1. The van der Waals surface area contributed by atoms with E-state index < -0.39 is 5.60 Å². The molecule has 0 spiro atoms. The van der Waals surface area contributed by atoms with Crippen LogP contribution in [0, 0.1) is 0 Å². The fraction of sp³-hybridized carbons (Fsp3) is 0.312. The first-order valence-electron chi connectivity index (χ1n) is 7.68. The maximum Gasteiger partial charge on any atom is 0.185 e. The second-order valence-electron chi connectivity index (χ2n) is 6.10. The Morgan fingerprint density at radius 3 is 2.54 bits per heavy atom. The summed E-state index contributed by atoms with van der Waals surface area (Å²) in [4.78, 5) is 0. The van der Waals surface area contributed by atoms with Crippen LogP contribution in [0.3, 0.4) is 0 Å². The lowest BCUT2D eigenvalue weighted by atomic mass is 9.80. The monoisotopic (exact) mass is 363 g/mol. The van der Waals surface area contributed by atoms with Crippen LogP contribution in [0.4, 0.5) is 5.82 Å². The van der Waals surface area contributed by atoms with Crippen molar-refractivity contribution in [2.75, 3.05) is 11.9 Å². The van der Waals surface area contributed by atoms with Crippen LogP contribution in [0.5, 0.6) is 0 Å². The topological polar surface area (TPSA) is 75.3 Å². The molecular formula is C16H15Cl2N5O. The van der Waals surface area contributed by atoms with E-state index in [1.165, 1.54) is 0 Å². The molecule has 2 N–H and O–H groups in total. The van der Waals surface area contributed by atoms with E-state index in [2.05, 4.69) is 20.6 Å². The van der Waals surface area contributed by atoms with Crippen molar-refractivity contribution in [3.63, 3.8) is 0 Å². The Morgan fingerprint density at radius 2 is 1.88 bits per heavy atom. The minimum Gasteiger partial charge on any atom is -0.388 e. The largest absolute Gasteiger partial charge is 0.388 e. The molecule has 6 nitrogen and oxygen atoms in total. The first-order valence-corrected chi connectivity index (χ1v) is 8.43. The maximum absolute atomic E-state index is 10.2. The highest BCUT2D eigenvalue weighted by Gasteiger charge is 2.34. The molecule has 1 saturated carbocycles. The first kappa shape index (κ1) is 15.6. The van der Waals surface area contributed by atoms with Gasteiger partial charge in [0.1, 0.15) is 5.82 Å². The van der Waals surface area contributed by atoms with E-state index in [-0.39, 0.29) is 0 Å². The van der Waals surface area contributed by atoms with Crippen LogP contribution in [0.15, 0.2) is 30.3 Å². The molecule has 0 amide bonds. The Kier molecular flexibility index (Phi) is 3.83. The van der Waals surface area contributed by atoms with Gasteiger partial charge in [-0.05, 0) is 49.6 Å². The lowest BCUT2D eigenvalue weighted by Gasteiger charge is -2.36. The number of fused-ring (bicyclic) bond motifs is 1. The lowest BCUT2D eigenvalue weighted by Crippen LogP contribution is -2.43. The first-order chi connectivity index (χ1) is 11.5. The van der Waals surface area contributed by atoms with Gasteiger partial charge < -0.3 is 10.4 Å². The molecule has 1 aliphatic rings. The molecule has 0 radical (unpaired) electrons. The molecule has 1 aromatic carbocycles. The molecule has 0 bridgehead atoms. The normalized spacial score (nSPS) is 16.1. The van der Waals surface area contributed by atoms with Gasteiger partial charge >= 0.3 is 0 Å². The Labute approximate surface area is 148 Å². The van der Waals surface area contributed by atoms with Gasteiger partial charge in [0.15, 0.2) is 11.5 Å². The van der Waals surface area contributed by atoms with Crippen LogP contribution < -0.4 is 5.32 Å². The second-order valence-corrected chi connectivity index (χ2v) is 6.97. The Hall–Kier alpha value is -1.89. The molecule has 4 rings (SSSR count). The van der Waals surface area contributed by atoms with Crippen LogP contribution >= 0.6 is 23.2 Å². The number of rotatable bonds is 4. The molecule has 0 aliphatic heterocycles. The van der Waals surface area contributed by atoms with Crippen LogP contribution in [0.25, 0.3) is 17.0 Å². The number of aromatic nitrogens is 4. The van der Waals surface area contributed by atoms with E-state index in [1.54, 1.807) is 22.7 Å². The number of nitrogens with zero attached hydrogens (tertiary/aromatic N) is 4. The Bertz CT molecular complexity index is 886.